The zero-order chi connectivity index (χ0) is 13.9. The summed E-state index contributed by atoms with van der Waals surface area (Å²) in [6.45, 7) is 12.8. The molecule has 0 bridgehead atoms. The Morgan fingerprint density at radius 1 is 1.47 bits per heavy atom. The van der Waals surface area contributed by atoms with Crippen molar-refractivity contribution in [2.24, 2.45) is 5.92 Å². The van der Waals surface area contributed by atoms with Crippen LogP contribution in [0.5, 0.6) is 0 Å². The molecule has 3 heteroatoms. The Labute approximate surface area is 122 Å². The number of nitrogens with zero attached hydrogens (tertiary/aromatic N) is 1. The van der Waals surface area contributed by atoms with Crippen LogP contribution in [-0.4, -0.2) is 36.1 Å². The summed E-state index contributed by atoms with van der Waals surface area (Å²) in [6, 6.07) is 2.96. The molecule has 1 aromatic heterocycles. The third-order valence-electron chi connectivity index (χ3n) is 3.94. The van der Waals surface area contributed by atoms with Crippen LogP contribution in [0.1, 0.15) is 39.7 Å². The number of nitrogens with one attached hydrogen (secondary N) is 1. The summed E-state index contributed by atoms with van der Waals surface area (Å²) < 4.78 is 0. The zero-order valence-corrected chi connectivity index (χ0v) is 13.6. The predicted octanol–water partition coefficient (Wildman–Crippen LogP) is 3.39. The van der Waals surface area contributed by atoms with Crippen LogP contribution in [0.15, 0.2) is 16.8 Å². The van der Waals surface area contributed by atoms with Crippen LogP contribution in [0.2, 0.25) is 0 Å². The van der Waals surface area contributed by atoms with E-state index in [9.17, 15) is 0 Å². The van der Waals surface area contributed by atoms with Gasteiger partial charge in [0.15, 0.2) is 0 Å². The second-order valence-corrected chi connectivity index (χ2v) is 7.68. The van der Waals surface area contributed by atoms with E-state index in [0.29, 0.717) is 6.04 Å². The van der Waals surface area contributed by atoms with Crippen molar-refractivity contribution in [3.05, 3.63) is 22.4 Å². The van der Waals surface area contributed by atoms with Gasteiger partial charge in [-0.25, -0.2) is 0 Å². The molecule has 0 spiro atoms. The van der Waals surface area contributed by atoms with Gasteiger partial charge in [-0.05, 0) is 55.0 Å². The van der Waals surface area contributed by atoms with Crippen LogP contribution in [-0.2, 0) is 6.42 Å². The maximum atomic E-state index is 3.70. The van der Waals surface area contributed by atoms with Crippen LogP contribution >= 0.6 is 11.3 Å². The molecule has 0 amide bonds. The molecule has 1 unspecified atom stereocenters. The second-order valence-electron chi connectivity index (χ2n) is 6.90. The topological polar surface area (TPSA) is 15.3 Å². The molecule has 0 radical (unpaired) electrons. The van der Waals surface area contributed by atoms with E-state index in [2.05, 4.69) is 54.7 Å². The molecule has 2 nitrogen and oxygen atoms in total. The van der Waals surface area contributed by atoms with E-state index in [4.69, 9.17) is 0 Å². The number of hydrogen-bond acceptors (Lipinski definition) is 3. The molecule has 1 fully saturated rings. The molecule has 1 aliphatic rings. The first-order chi connectivity index (χ1) is 8.96. The molecular weight excluding hydrogens is 252 g/mol. The maximum absolute atomic E-state index is 3.70. The lowest BCUT2D eigenvalue weighted by Crippen LogP contribution is -2.62. The Morgan fingerprint density at radius 2 is 2.26 bits per heavy atom. The summed E-state index contributed by atoms with van der Waals surface area (Å²) in [5.41, 5.74) is 1.74. The Balaban J connectivity index is 1.94. The average molecular weight is 280 g/mol. The molecule has 1 aliphatic heterocycles. The lowest BCUT2D eigenvalue weighted by Gasteiger charge is -2.45. The van der Waals surface area contributed by atoms with Crippen molar-refractivity contribution >= 4 is 11.3 Å². The van der Waals surface area contributed by atoms with Crippen LogP contribution in [0.3, 0.4) is 0 Å². The summed E-state index contributed by atoms with van der Waals surface area (Å²) in [5, 5.41) is 8.16. The Bertz CT molecular complexity index is 370. The number of rotatable bonds is 5. The summed E-state index contributed by atoms with van der Waals surface area (Å²) in [6.07, 6.45) is 2.49. The highest BCUT2D eigenvalue weighted by molar-refractivity contribution is 7.07. The van der Waals surface area contributed by atoms with E-state index in [1.165, 1.54) is 24.9 Å². The number of hydrogen-bond donors (Lipinski definition) is 1. The van der Waals surface area contributed by atoms with Gasteiger partial charge in [-0.15, -0.1) is 0 Å². The van der Waals surface area contributed by atoms with Gasteiger partial charge in [0, 0.05) is 31.2 Å². The first-order valence-corrected chi connectivity index (χ1v) is 8.41. The van der Waals surface area contributed by atoms with Crippen LogP contribution < -0.4 is 5.32 Å². The zero-order valence-electron chi connectivity index (χ0n) is 12.8. The first-order valence-electron chi connectivity index (χ1n) is 7.46. The quantitative estimate of drug-likeness (QED) is 0.889. The normalized spacial score (nSPS) is 23.9. The highest BCUT2D eigenvalue weighted by Gasteiger charge is 2.32. The van der Waals surface area contributed by atoms with Gasteiger partial charge >= 0.3 is 0 Å². The fourth-order valence-corrected chi connectivity index (χ4v) is 3.66. The fourth-order valence-electron chi connectivity index (χ4n) is 2.96. The summed E-state index contributed by atoms with van der Waals surface area (Å²) in [5.74, 6) is 0.775. The van der Waals surface area contributed by atoms with Crippen molar-refractivity contribution in [2.75, 3.05) is 19.6 Å². The van der Waals surface area contributed by atoms with E-state index in [0.717, 1.165) is 19.0 Å². The van der Waals surface area contributed by atoms with Crippen molar-refractivity contribution < 1.29 is 0 Å². The van der Waals surface area contributed by atoms with Gasteiger partial charge in [0.2, 0.25) is 0 Å². The van der Waals surface area contributed by atoms with E-state index < -0.39 is 0 Å². The lowest BCUT2D eigenvalue weighted by atomic mass is 9.93. The molecule has 1 saturated heterocycles. The minimum atomic E-state index is 0.252. The van der Waals surface area contributed by atoms with Crippen molar-refractivity contribution in [2.45, 2.75) is 52.1 Å². The first kappa shape index (κ1) is 15.0. The molecule has 0 aromatic carbocycles. The summed E-state index contributed by atoms with van der Waals surface area (Å²) in [7, 11) is 0. The smallest absolute Gasteiger partial charge is 0.0252 e. The average Bonchev–Trinajstić information content (AvgIpc) is 2.81. The molecule has 1 atom stereocenters. The second kappa shape index (κ2) is 6.38. The molecule has 1 aromatic rings. The van der Waals surface area contributed by atoms with E-state index in [1.807, 2.05) is 0 Å². The molecule has 0 aliphatic carbocycles. The lowest BCUT2D eigenvalue weighted by molar-refractivity contribution is 0.0839. The molecule has 2 heterocycles. The standard InChI is InChI=1S/C16H28N2S/c1-13(2)9-15-10-17-16(3,4)12-18(15)7-5-14-6-8-19-11-14/h6,8,11,13,15,17H,5,7,9-10,12H2,1-4H3. The van der Waals surface area contributed by atoms with Crippen molar-refractivity contribution in [3.63, 3.8) is 0 Å². The van der Waals surface area contributed by atoms with Gasteiger partial charge in [0.1, 0.15) is 0 Å². The third kappa shape index (κ3) is 4.59. The minimum absolute atomic E-state index is 0.252. The molecule has 19 heavy (non-hydrogen) atoms. The Morgan fingerprint density at radius 3 is 2.89 bits per heavy atom. The molecule has 1 N–H and O–H groups in total. The maximum Gasteiger partial charge on any atom is 0.0252 e. The van der Waals surface area contributed by atoms with Crippen molar-refractivity contribution in [1.29, 1.82) is 0 Å². The van der Waals surface area contributed by atoms with Gasteiger partial charge in [-0.3, -0.25) is 4.90 Å². The summed E-state index contributed by atoms with van der Waals surface area (Å²) >= 11 is 1.81. The fraction of sp³-hybridized carbons (Fsp3) is 0.750. The third-order valence-corrected chi connectivity index (χ3v) is 4.67. The SMILES string of the molecule is CC(C)CC1CNC(C)(C)CN1CCc1ccsc1. The summed E-state index contributed by atoms with van der Waals surface area (Å²) in [4.78, 5) is 2.70. The minimum Gasteiger partial charge on any atom is -0.309 e. The molecule has 2 rings (SSSR count). The van der Waals surface area contributed by atoms with E-state index in [-0.39, 0.29) is 5.54 Å². The molecule has 108 valence electrons. The monoisotopic (exact) mass is 280 g/mol. The number of piperazine rings is 1. The molecule has 0 saturated carbocycles. The van der Waals surface area contributed by atoms with Crippen LogP contribution in [0.4, 0.5) is 0 Å². The van der Waals surface area contributed by atoms with E-state index in [1.54, 1.807) is 11.3 Å². The van der Waals surface area contributed by atoms with Gasteiger partial charge in [-0.2, -0.15) is 11.3 Å². The predicted molar refractivity (Wildman–Crippen MR) is 84.9 cm³/mol. The highest BCUT2D eigenvalue weighted by atomic mass is 32.1. The number of thiophene rings is 1. The van der Waals surface area contributed by atoms with Gasteiger partial charge in [0.05, 0.1) is 0 Å². The Hall–Kier alpha value is -0.380. The van der Waals surface area contributed by atoms with Gasteiger partial charge in [0.25, 0.3) is 0 Å². The Kier molecular flexibility index (Phi) is 5.04. The van der Waals surface area contributed by atoms with Gasteiger partial charge in [-0.1, -0.05) is 13.8 Å². The van der Waals surface area contributed by atoms with Crippen LogP contribution in [0, 0.1) is 5.92 Å². The van der Waals surface area contributed by atoms with Crippen molar-refractivity contribution in [3.8, 4) is 0 Å². The van der Waals surface area contributed by atoms with E-state index >= 15 is 0 Å². The largest absolute Gasteiger partial charge is 0.309 e. The van der Waals surface area contributed by atoms with Gasteiger partial charge < -0.3 is 5.32 Å². The van der Waals surface area contributed by atoms with Crippen molar-refractivity contribution in [1.82, 2.24) is 10.2 Å². The molecular formula is C16H28N2S. The highest BCUT2D eigenvalue weighted by Crippen LogP contribution is 2.20. The van der Waals surface area contributed by atoms with Crippen LogP contribution in [0.25, 0.3) is 0 Å².